The van der Waals surface area contributed by atoms with Gasteiger partial charge in [-0.05, 0) is 92.7 Å². The van der Waals surface area contributed by atoms with Crippen LogP contribution < -0.4 is 0 Å². The van der Waals surface area contributed by atoms with Gasteiger partial charge in [0.25, 0.3) is 0 Å². The molecule has 0 aliphatic heterocycles. The fourth-order valence-corrected chi connectivity index (χ4v) is 5.62. The second kappa shape index (κ2) is 8.60. The summed E-state index contributed by atoms with van der Waals surface area (Å²) in [6.07, 6.45) is 8.58. The van der Waals surface area contributed by atoms with Crippen LogP contribution in [0.3, 0.4) is 0 Å². The minimum Gasteiger partial charge on any atom is -0.258 e. The molecular formula is C24H27F2NO2. The zero-order valence-electron chi connectivity index (χ0n) is 16.5. The van der Waals surface area contributed by atoms with E-state index in [1.165, 1.54) is 37.3 Å². The van der Waals surface area contributed by atoms with Crippen LogP contribution in [0.1, 0.15) is 74.3 Å². The van der Waals surface area contributed by atoms with Crippen LogP contribution >= 0.6 is 0 Å². The van der Waals surface area contributed by atoms with E-state index < -0.39 is 22.2 Å². The molecule has 0 amide bonds. The molecule has 5 heteroatoms. The fraction of sp³-hybridized carbons (Fsp3) is 0.500. The highest BCUT2D eigenvalue weighted by Crippen LogP contribution is 2.47. The summed E-state index contributed by atoms with van der Waals surface area (Å²) in [7, 11) is 0. The van der Waals surface area contributed by atoms with Crippen molar-refractivity contribution < 1.29 is 13.7 Å². The second-order valence-electron chi connectivity index (χ2n) is 8.69. The van der Waals surface area contributed by atoms with E-state index in [9.17, 15) is 18.9 Å². The van der Waals surface area contributed by atoms with Crippen molar-refractivity contribution in [1.82, 2.24) is 0 Å². The summed E-state index contributed by atoms with van der Waals surface area (Å²) in [5.41, 5.74) is 1.14. The Morgan fingerprint density at radius 2 is 1.31 bits per heavy atom. The first kappa shape index (κ1) is 20.0. The summed E-state index contributed by atoms with van der Waals surface area (Å²) in [6.45, 7) is 0. The molecule has 4 rings (SSSR count). The minimum absolute atomic E-state index is 0.0533. The van der Waals surface area contributed by atoms with Gasteiger partial charge in [0.05, 0.1) is 4.92 Å². The molecule has 0 unspecified atom stereocenters. The number of nitro benzene ring substituents is 1. The molecule has 154 valence electrons. The van der Waals surface area contributed by atoms with Gasteiger partial charge >= 0.3 is 5.69 Å². The van der Waals surface area contributed by atoms with E-state index in [0.29, 0.717) is 17.4 Å². The Hall–Kier alpha value is -2.30. The van der Waals surface area contributed by atoms with Gasteiger partial charge in [0.1, 0.15) is 0 Å². The van der Waals surface area contributed by atoms with Gasteiger partial charge < -0.3 is 0 Å². The zero-order valence-corrected chi connectivity index (χ0v) is 16.5. The lowest BCUT2D eigenvalue weighted by Gasteiger charge is -2.38. The smallest absolute Gasteiger partial charge is 0.258 e. The molecule has 0 atom stereocenters. The predicted molar refractivity (Wildman–Crippen MR) is 109 cm³/mol. The Labute approximate surface area is 170 Å². The molecule has 29 heavy (non-hydrogen) atoms. The average Bonchev–Trinajstić information content (AvgIpc) is 2.76. The van der Waals surface area contributed by atoms with Gasteiger partial charge in [-0.1, -0.05) is 30.3 Å². The van der Waals surface area contributed by atoms with Crippen molar-refractivity contribution in [2.24, 2.45) is 11.8 Å². The summed E-state index contributed by atoms with van der Waals surface area (Å²) < 4.78 is 27.5. The van der Waals surface area contributed by atoms with Crippen LogP contribution in [-0.2, 0) is 0 Å². The third kappa shape index (κ3) is 4.19. The van der Waals surface area contributed by atoms with E-state index in [1.54, 1.807) is 0 Å². The minimum atomic E-state index is -1.33. The number of benzene rings is 2. The SMILES string of the molecule is O=[N+]([O-])c1c(C2CCC(C3CCC(c4ccccc4)CC3)CC2)ccc(F)c1F. The number of rotatable bonds is 4. The van der Waals surface area contributed by atoms with Crippen molar-refractivity contribution in [2.45, 2.75) is 63.2 Å². The molecule has 2 fully saturated rings. The van der Waals surface area contributed by atoms with Crippen LogP contribution in [0.5, 0.6) is 0 Å². The number of hydrogen-bond donors (Lipinski definition) is 0. The molecule has 2 saturated carbocycles. The lowest BCUT2D eigenvalue weighted by molar-refractivity contribution is -0.388. The topological polar surface area (TPSA) is 43.1 Å². The lowest BCUT2D eigenvalue weighted by atomic mass is 9.67. The second-order valence-corrected chi connectivity index (χ2v) is 8.69. The van der Waals surface area contributed by atoms with Gasteiger partial charge in [-0.3, -0.25) is 10.1 Å². The summed E-state index contributed by atoms with van der Waals surface area (Å²) in [4.78, 5) is 10.5. The van der Waals surface area contributed by atoms with Crippen LogP contribution in [0.15, 0.2) is 42.5 Å². The van der Waals surface area contributed by atoms with Crippen LogP contribution in [0.2, 0.25) is 0 Å². The molecule has 0 heterocycles. The summed E-state index contributed by atoms with van der Waals surface area (Å²) in [5.74, 6) is -0.502. The Morgan fingerprint density at radius 3 is 1.86 bits per heavy atom. The number of nitro groups is 1. The molecule has 0 radical (unpaired) electrons. The van der Waals surface area contributed by atoms with Crippen LogP contribution in [0, 0.1) is 33.6 Å². The van der Waals surface area contributed by atoms with Crippen molar-refractivity contribution in [2.75, 3.05) is 0 Å². The van der Waals surface area contributed by atoms with Gasteiger partial charge in [0.2, 0.25) is 5.82 Å². The molecule has 2 aliphatic rings. The Morgan fingerprint density at radius 1 is 0.759 bits per heavy atom. The van der Waals surface area contributed by atoms with Gasteiger partial charge in [-0.15, -0.1) is 0 Å². The fourth-order valence-electron chi connectivity index (χ4n) is 5.62. The normalized spacial score (nSPS) is 27.5. The zero-order chi connectivity index (χ0) is 20.4. The van der Waals surface area contributed by atoms with E-state index in [0.717, 1.165) is 37.7 Å². The van der Waals surface area contributed by atoms with Crippen molar-refractivity contribution in [3.05, 3.63) is 75.3 Å². The Balaban J connectivity index is 1.36. The van der Waals surface area contributed by atoms with Crippen molar-refractivity contribution in [1.29, 1.82) is 0 Å². The maximum Gasteiger partial charge on any atom is 0.311 e. The third-order valence-electron chi connectivity index (χ3n) is 7.20. The molecule has 0 bridgehead atoms. The van der Waals surface area contributed by atoms with Gasteiger partial charge in [0.15, 0.2) is 5.82 Å². The third-order valence-corrected chi connectivity index (χ3v) is 7.20. The molecular weight excluding hydrogens is 372 g/mol. The van der Waals surface area contributed by atoms with E-state index in [1.807, 2.05) is 0 Å². The summed E-state index contributed by atoms with van der Waals surface area (Å²) >= 11 is 0. The standard InChI is InChI=1S/C24H27F2NO2/c25-22-15-14-21(24(23(22)26)27(28)29)20-12-10-19(11-13-20)18-8-6-17(7-9-18)16-4-2-1-3-5-16/h1-5,14-15,17-20H,6-13H2. The molecule has 0 saturated heterocycles. The highest BCUT2D eigenvalue weighted by Gasteiger charge is 2.35. The maximum absolute atomic E-state index is 14.0. The van der Waals surface area contributed by atoms with E-state index in [-0.39, 0.29) is 5.92 Å². The molecule has 3 nitrogen and oxygen atoms in total. The van der Waals surface area contributed by atoms with Crippen molar-refractivity contribution >= 4 is 5.69 Å². The van der Waals surface area contributed by atoms with Crippen LogP contribution in [0.4, 0.5) is 14.5 Å². The summed E-state index contributed by atoms with van der Waals surface area (Å²) in [6, 6.07) is 13.2. The van der Waals surface area contributed by atoms with Crippen molar-refractivity contribution in [3.8, 4) is 0 Å². The van der Waals surface area contributed by atoms with Crippen molar-refractivity contribution in [3.63, 3.8) is 0 Å². The highest BCUT2D eigenvalue weighted by atomic mass is 19.2. The van der Waals surface area contributed by atoms with E-state index in [4.69, 9.17) is 0 Å². The quantitative estimate of drug-likeness (QED) is 0.406. The first-order chi connectivity index (χ1) is 14.0. The number of nitrogens with zero attached hydrogens (tertiary/aromatic N) is 1. The van der Waals surface area contributed by atoms with E-state index >= 15 is 0 Å². The lowest BCUT2D eigenvalue weighted by Crippen LogP contribution is -2.25. The van der Waals surface area contributed by atoms with Crippen LogP contribution in [0.25, 0.3) is 0 Å². The predicted octanol–water partition coefficient (Wildman–Crippen LogP) is 7.12. The van der Waals surface area contributed by atoms with Gasteiger partial charge in [0, 0.05) is 5.56 Å². The number of halogens is 2. The first-order valence-corrected chi connectivity index (χ1v) is 10.7. The van der Waals surface area contributed by atoms with E-state index in [2.05, 4.69) is 30.3 Å². The highest BCUT2D eigenvalue weighted by molar-refractivity contribution is 5.44. The molecule has 0 spiro atoms. The van der Waals surface area contributed by atoms with Gasteiger partial charge in [-0.2, -0.15) is 4.39 Å². The molecule has 0 N–H and O–H groups in total. The Bertz CT molecular complexity index is 855. The maximum atomic E-state index is 14.0. The number of hydrogen-bond acceptors (Lipinski definition) is 2. The first-order valence-electron chi connectivity index (χ1n) is 10.7. The van der Waals surface area contributed by atoms with Crippen LogP contribution in [-0.4, -0.2) is 4.92 Å². The monoisotopic (exact) mass is 399 g/mol. The average molecular weight is 399 g/mol. The summed E-state index contributed by atoms with van der Waals surface area (Å²) in [5, 5.41) is 11.3. The molecule has 2 aromatic carbocycles. The molecule has 0 aromatic heterocycles. The Kier molecular flexibility index (Phi) is 5.93. The largest absolute Gasteiger partial charge is 0.311 e. The molecule has 2 aliphatic carbocycles. The molecule has 2 aromatic rings. The van der Waals surface area contributed by atoms with Gasteiger partial charge in [-0.25, -0.2) is 4.39 Å².